The van der Waals surface area contributed by atoms with Gasteiger partial charge >= 0.3 is 0 Å². The summed E-state index contributed by atoms with van der Waals surface area (Å²) in [6.07, 6.45) is 0.576. The zero-order valence-corrected chi connectivity index (χ0v) is 25.3. The van der Waals surface area contributed by atoms with E-state index >= 15 is 0 Å². The molecule has 0 saturated heterocycles. The average molecular weight is 535 g/mol. The Morgan fingerprint density at radius 1 is 0.575 bits per heavy atom. The summed E-state index contributed by atoms with van der Waals surface area (Å²) in [6, 6.07) is 37.2. The summed E-state index contributed by atoms with van der Waals surface area (Å²) in [5, 5.41) is 10.4. The molecule has 4 aromatic carbocycles. The predicted molar refractivity (Wildman–Crippen MR) is 168 cm³/mol. The van der Waals surface area contributed by atoms with E-state index in [4.69, 9.17) is 4.74 Å². The van der Waals surface area contributed by atoms with Crippen LogP contribution < -0.4 is 0 Å². The standard InChI is InChI=1S/C38H46O2/c1-27(30-17-11-8-12-18-30)33-25-34(28(2)31-19-13-9-14-20-31)36(38(6,7)40-24-23-37(4,5)39)35(26-33)29(3)32-21-15-10-16-22-32/h8-22,25-29,39H,23-24H2,1-7H3. The largest absolute Gasteiger partial charge is 0.390 e. The van der Waals surface area contributed by atoms with Gasteiger partial charge in [-0.3, -0.25) is 0 Å². The van der Waals surface area contributed by atoms with Crippen molar-refractivity contribution in [1.29, 1.82) is 0 Å². The Bertz CT molecular complexity index is 1280. The van der Waals surface area contributed by atoms with Crippen LogP contribution in [0.2, 0.25) is 0 Å². The average Bonchev–Trinajstić information content (AvgIpc) is 2.95. The van der Waals surface area contributed by atoms with E-state index in [1.165, 1.54) is 38.9 Å². The summed E-state index contributed by atoms with van der Waals surface area (Å²) in [7, 11) is 0. The minimum absolute atomic E-state index is 0.179. The SMILES string of the molecule is CC(c1ccccc1)c1cc(C(C)c2ccccc2)c(C(C)(C)OCCC(C)(C)O)c(C(C)c2ccccc2)c1. The van der Waals surface area contributed by atoms with Crippen LogP contribution in [0.3, 0.4) is 0 Å². The lowest BCUT2D eigenvalue weighted by Gasteiger charge is -2.36. The normalized spacial score (nSPS) is 14.5. The monoisotopic (exact) mass is 534 g/mol. The quantitative estimate of drug-likeness (QED) is 0.208. The van der Waals surface area contributed by atoms with E-state index in [0.29, 0.717) is 13.0 Å². The van der Waals surface area contributed by atoms with E-state index in [0.717, 1.165) is 0 Å². The van der Waals surface area contributed by atoms with Crippen LogP contribution in [0.4, 0.5) is 0 Å². The highest BCUT2D eigenvalue weighted by molar-refractivity contribution is 5.52. The smallest absolute Gasteiger partial charge is 0.0881 e. The van der Waals surface area contributed by atoms with Crippen molar-refractivity contribution in [3.63, 3.8) is 0 Å². The molecule has 2 nitrogen and oxygen atoms in total. The van der Waals surface area contributed by atoms with Gasteiger partial charge in [0.2, 0.25) is 0 Å². The summed E-state index contributed by atoms with van der Waals surface area (Å²) >= 11 is 0. The molecule has 2 heteroatoms. The van der Waals surface area contributed by atoms with Crippen LogP contribution in [0.25, 0.3) is 0 Å². The van der Waals surface area contributed by atoms with Gasteiger partial charge in [0.05, 0.1) is 17.8 Å². The second-order valence-corrected chi connectivity index (χ2v) is 12.4. The maximum Gasteiger partial charge on any atom is 0.0881 e. The first kappa shape index (κ1) is 29.8. The highest BCUT2D eigenvalue weighted by Crippen LogP contribution is 2.44. The second kappa shape index (κ2) is 12.5. The molecule has 40 heavy (non-hydrogen) atoms. The van der Waals surface area contributed by atoms with Crippen molar-refractivity contribution in [3.05, 3.63) is 142 Å². The molecule has 0 aliphatic carbocycles. The number of rotatable bonds is 11. The molecule has 4 rings (SSSR count). The van der Waals surface area contributed by atoms with E-state index in [1.54, 1.807) is 0 Å². The third kappa shape index (κ3) is 7.11. The highest BCUT2D eigenvalue weighted by Gasteiger charge is 2.33. The van der Waals surface area contributed by atoms with Crippen LogP contribution in [0.5, 0.6) is 0 Å². The lowest BCUT2D eigenvalue weighted by molar-refractivity contribution is -0.0504. The molecule has 0 fully saturated rings. The first-order valence-corrected chi connectivity index (χ1v) is 14.7. The van der Waals surface area contributed by atoms with Gasteiger partial charge in [-0.05, 0) is 73.1 Å². The van der Waals surface area contributed by atoms with E-state index in [-0.39, 0.29) is 17.8 Å². The minimum atomic E-state index is -0.772. The molecule has 0 aromatic heterocycles. The molecule has 0 heterocycles. The van der Waals surface area contributed by atoms with Gasteiger partial charge in [0.1, 0.15) is 0 Å². The van der Waals surface area contributed by atoms with Gasteiger partial charge in [0.15, 0.2) is 0 Å². The van der Waals surface area contributed by atoms with Crippen molar-refractivity contribution in [3.8, 4) is 0 Å². The molecule has 0 spiro atoms. The number of hydrogen-bond donors (Lipinski definition) is 1. The van der Waals surface area contributed by atoms with Crippen LogP contribution in [-0.2, 0) is 10.3 Å². The zero-order chi connectivity index (χ0) is 28.9. The Morgan fingerprint density at radius 2 is 0.950 bits per heavy atom. The number of benzene rings is 4. The predicted octanol–water partition coefficient (Wildman–Crippen LogP) is 9.55. The van der Waals surface area contributed by atoms with Gasteiger partial charge in [-0.1, -0.05) is 124 Å². The third-order valence-corrected chi connectivity index (χ3v) is 8.33. The van der Waals surface area contributed by atoms with Gasteiger partial charge in [-0.25, -0.2) is 0 Å². The topological polar surface area (TPSA) is 29.5 Å². The molecule has 4 aromatic rings. The Balaban J connectivity index is 1.95. The maximum atomic E-state index is 10.4. The third-order valence-electron chi connectivity index (χ3n) is 8.33. The fraction of sp³-hybridized carbons (Fsp3) is 0.368. The van der Waals surface area contributed by atoms with E-state index in [1.807, 2.05) is 13.8 Å². The van der Waals surface area contributed by atoms with Crippen molar-refractivity contribution in [2.45, 2.75) is 83.8 Å². The van der Waals surface area contributed by atoms with E-state index in [9.17, 15) is 5.11 Å². The molecule has 3 atom stereocenters. The van der Waals surface area contributed by atoms with Gasteiger partial charge < -0.3 is 9.84 Å². The summed E-state index contributed by atoms with van der Waals surface area (Å²) < 4.78 is 6.67. The first-order chi connectivity index (χ1) is 19.0. The molecule has 0 amide bonds. The fourth-order valence-electron chi connectivity index (χ4n) is 5.74. The highest BCUT2D eigenvalue weighted by atomic mass is 16.5. The summed E-state index contributed by atoms with van der Waals surface area (Å²) in [5.74, 6) is 0.605. The number of aliphatic hydroxyl groups is 1. The zero-order valence-electron chi connectivity index (χ0n) is 25.3. The fourth-order valence-corrected chi connectivity index (χ4v) is 5.74. The summed E-state index contributed by atoms with van der Waals surface area (Å²) in [6.45, 7) is 15.5. The Labute approximate surface area is 242 Å². The summed E-state index contributed by atoms with van der Waals surface area (Å²) in [5.41, 5.74) is 7.74. The first-order valence-electron chi connectivity index (χ1n) is 14.7. The molecule has 1 N–H and O–H groups in total. The van der Waals surface area contributed by atoms with E-state index < -0.39 is 11.2 Å². The van der Waals surface area contributed by atoms with Gasteiger partial charge in [-0.15, -0.1) is 0 Å². The van der Waals surface area contributed by atoms with Crippen molar-refractivity contribution in [2.75, 3.05) is 6.61 Å². The van der Waals surface area contributed by atoms with Crippen LogP contribution in [0, 0.1) is 0 Å². The molecule has 0 bridgehead atoms. The van der Waals surface area contributed by atoms with Crippen LogP contribution in [0.15, 0.2) is 103 Å². The molecule has 0 radical (unpaired) electrons. The number of ether oxygens (including phenoxy) is 1. The second-order valence-electron chi connectivity index (χ2n) is 12.4. The van der Waals surface area contributed by atoms with Crippen molar-refractivity contribution in [2.24, 2.45) is 0 Å². The lowest BCUT2D eigenvalue weighted by Crippen LogP contribution is -2.30. The van der Waals surface area contributed by atoms with Crippen LogP contribution in [-0.4, -0.2) is 17.3 Å². The van der Waals surface area contributed by atoms with Crippen LogP contribution >= 0.6 is 0 Å². The molecular weight excluding hydrogens is 488 g/mol. The molecule has 0 aliphatic rings. The minimum Gasteiger partial charge on any atom is -0.390 e. The summed E-state index contributed by atoms with van der Waals surface area (Å²) in [4.78, 5) is 0. The van der Waals surface area contributed by atoms with Crippen molar-refractivity contribution >= 4 is 0 Å². The maximum absolute atomic E-state index is 10.4. The van der Waals surface area contributed by atoms with Crippen molar-refractivity contribution < 1.29 is 9.84 Å². The molecule has 3 unspecified atom stereocenters. The van der Waals surface area contributed by atoms with Gasteiger partial charge in [-0.2, -0.15) is 0 Å². The molecule has 210 valence electrons. The van der Waals surface area contributed by atoms with Gasteiger partial charge in [0, 0.05) is 17.8 Å². The Hall–Kier alpha value is -3.20. The van der Waals surface area contributed by atoms with Crippen molar-refractivity contribution in [1.82, 2.24) is 0 Å². The Morgan fingerprint density at radius 3 is 1.32 bits per heavy atom. The van der Waals surface area contributed by atoms with Gasteiger partial charge in [0.25, 0.3) is 0 Å². The number of hydrogen-bond acceptors (Lipinski definition) is 2. The lowest BCUT2D eigenvalue weighted by atomic mass is 9.74. The van der Waals surface area contributed by atoms with Crippen LogP contribution in [0.1, 0.15) is 112 Å². The molecular formula is C38H46O2. The molecule has 0 saturated carbocycles. The Kier molecular flexibility index (Phi) is 9.33. The van der Waals surface area contributed by atoms with E-state index in [2.05, 4.69) is 138 Å². The molecule has 0 aliphatic heterocycles.